The Balaban J connectivity index is 1.62. The van der Waals surface area contributed by atoms with Gasteiger partial charge in [0.05, 0.1) is 7.11 Å². The molecule has 1 aromatic heterocycles. The zero-order chi connectivity index (χ0) is 19.8. The van der Waals surface area contributed by atoms with E-state index in [1.807, 2.05) is 24.3 Å². The fraction of sp³-hybridized carbons (Fsp3) is 0.381. The van der Waals surface area contributed by atoms with E-state index in [2.05, 4.69) is 52.9 Å². The van der Waals surface area contributed by atoms with Gasteiger partial charge in [0.15, 0.2) is 11.5 Å². The third-order valence-corrected chi connectivity index (χ3v) is 4.41. The van der Waals surface area contributed by atoms with E-state index >= 15 is 0 Å². The number of nitrogens with zero attached hydrogens (tertiary/aromatic N) is 4. The van der Waals surface area contributed by atoms with Crippen LogP contribution in [0.2, 0.25) is 0 Å². The molecule has 28 heavy (non-hydrogen) atoms. The first-order valence-electron chi connectivity index (χ1n) is 9.55. The normalized spacial score (nSPS) is 10.7. The molecule has 7 nitrogen and oxygen atoms in total. The molecule has 0 saturated carbocycles. The van der Waals surface area contributed by atoms with Gasteiger partial charge in [0.25, 0.3) is 0 Å². The monoisotopic (exact) mass is 381 g/mol. The van der Waals surface area contributed by atoms with Gasteiger partial charge in [-0.2, -0.15) is 0 Å². The molecule has 148 valence electrons. The number of tetrazole rings is 1. The molecule has 0 saturated heterocycles. The van der Waals surface area contributed by atoms with Crippen molar-refractivity contribution in [2.24, 2.45) is 0 Å². The highest BCUT2D eigenvalue weighted by Crippen LogP contribution is 2.29. The lowest BCUT2D eigenvalue weighted by Gasteiger charge is -2.13. The van der Waals surface area contributed by atoms with E-state index in [1.54, 1.807) is 11.8 Å². The number of benzene rings is 2. The summed E-state index contributed by atoms with van der Waals surface area (Å²) in [4.78, 5) is 0. The predicted molar refractivity (Wildman–Crippen MR) is 109 cm³/mol. The molecule has 0 aliphatic carbocycles. The molecule has 0 spiro atoms. The Morgan fingerprint density at radius 3 is 2.75 bits per heavy atom. The van der Waals surface area contributed by atoms with Crippen molar-refractivity contribution >= 4 is 5.95 Å². The van der Waals surface area contributed by atoms with E-state index in [0.717, 1.165) is 36.3 Å². The third-order valence-electron chi connectivity index (χ3n) is 4.41. The largest absolute Gasteiger partial charge is 0.493 e. The summed E-state index contributed by atoms with van der Waals surface area (Å²) >= 11 is 0. The number of hydrogen-bond donors (Lipinski definition) is 1. The van der Waals surface area contributed by atoms with Crippen LogP contribution < -0.4 is 14.8 Å². The van der Waals surface area contributed by atoms with Gasteiger partial charge in [-0.25, -0.2) is 4.68 Å². The molecule has 1 heterocycles. The quantitative estimate of drug-likeness (QED) is 0.573. The molecule has 0 atom stereocenters. The summed E-state index contributed by atoms with van der Waals surface area (Å²) in [5, 5.41) is 15.1. The number of rotatable bonds is 10. The number of hydrogen-bond acceptors (Lipinski definition) is 6. The number of unbranched alkanes of at least 4 members (excludes halogenated alkanes) is 1. The van der Waals surface area contributed by atoms with Crippen molar-refractivity contribution in [3.63, 3.8) is 0 Å². The van der Waals surface area contributed by atoms with Gasteiger partial charge in [0.1, 0.15) is 6.61 Å². The highest BCUT2D eigenvalue weighted by molar-refractivity contribution is 5.44. The molecular formula is C21H27N5O2. The maximum atomic E-state index is 5.96. The second-order valence-electron chi connectivity index (χ2n) is 6.70. The fourth-order valence-corrected chi connectivity index (χ4v) is 2.88. The minimum Gasteiger partial charge on any atom is -0.493 e. The molecule has 0 fully saturated rings. The second-order valence-corrected chi connectivity index (χ2v) is 6.70. The summed E-state index contributed by atoms with van der Waals surface area (Å²) < 4.78 is 13.3. The van der Waals surface area contributed by atoms with Crippen LogP contribution in [0, 0.1) is 6.92 Å². The number of aromatic nitrogens is 4. The van der Waals surface area contributed by atoms with Gasteiger partial charge in [-0.1, -0.05) is 54.3 Å². The average molecular weight is 381 g/mol. The van der Waals surface area contributed by atoms with Gasteiger partial charge < -0.3 is 14.8 Å². The molecular weight excluding hydrogens is 354 g/mol. The second kappa shape index (κ2) is 9.73. The molecule has 7 heteroatoms. The van der Waals surface area contributed by atoms with Crippen LogP contribution in [-0.4, -0.2) is 27.3 Å². The zero-order valence-corrected chi connectivity index (χ0v) is 16.7. The highest BCUT2D eigenvalue weighted by atomic mass is 16.5. The summed E-state index contributed by atoms with van der Waals surface area (Å²) in [6.07, 6.45) is 2.14. The standard InChI is InChI=1S/C21H27N5O2/c1-4-5-11-26-21(23-24-25-26)22-14-17-9-10-19(20(13-17)27-3)28-15-18-8-6-7-16(2)12-18/h6-10,12-13H,4-5,11,14-15H2,1-3H3,(H,22,23,25). The molecule has 0 aliphatic rings. The molecule has 3 rings (SSSR count). The van der Waals surface area contributed by atoms with Gasteiger partial charge in [-0.3, -0.25) is 0 Å². The van der Waals surface area contributed by atoms with Gasteiger partial charge >= 0.3 is 0 Å². The lowest BCUT2D eigenvalue weighted by molar-refractivity contribution is 0.284. The maximum Gasteiger partial charge on any atom is 0.243 e. The first-order valence-corrected chi connectivity index (χ1v) is 9.55. The van der Waals surface area contributed by atoms with Crippen molar-refractivity contribution < 1.29 is 9.47 Å². The van der Waals surface area contributed by atoms with Crippen LogP contribution in [0.25, 0.3) is 0 Å². The van der Waals surface area contributed by atoms with Crippen LogP contribution in [0.4, 0.5) is 5.95 Å². The minimum absolute atomic E-state index is 0.502. The van der Waals surface area contributed by atoms with Crippen molar-refractivity contribution in [1.29, 1.82) is 0 Å². The van der Waals surface area contributed by atoms with Crippen LogP contribution in [0.5, 0.6) is 11.5 Å². The number of methoxy groups -OCH3 is 1. The van der Waals surface area contributed by atoms with Crippen LogP contribution in [0.1, 0.15) is 36.5 Å². The number of nitrogens with one attached hydrogen (secondary N) is 1. The molecule has 3 aromatic rings. The maximum absolute atomic E-state index is 5.96. The van der Waals surface area contributed by atoms with Gasteiger partial charge in [0, 0.05) is 13.1 Å². The van der Waals surface area contributed by atoms with Crippen molar-refractivity contribution in [1.82, 2.24) is 20.2 Å². The summed E-state index contributed by atoms with van der Waals surface area (Å²) in [6, 6.07) is 14.2. The Morgan fingerprint density at radius 1 is 1.07 bits per heavy atom. The molecule has 1 N–H and O–H groups in total. The Hall–Kier alpha value is -3.09. The average Bonchev–Trinajstić information content (AvgIpc) is 3.16. The lowest BCUT2D eigenvalue weighted by Crippen LogP contribution is -2.09. The number of anilines is 1. The van der Waals surface area contributed by atoms with E-state index in [-0.39, 0.29) is 0 Å². The lowest BCUT2D eigenvalue weighted by atomic mass is 10.1. The minimum atomic E-state index is 0.502. The number of ether oxygens (including phenoxy) is 2. The molecule has 2 aromatic carbocycles. The van der Waals surface area contributed by atoms with Crippen molar-refractivity contribution in [3.8, 4) is 11.5 Å². The van der Waals surface area contributed by atoms with E-state index in [0.29, 0.717) is 24.8 Å². The molecule has 0 bridgehead atoms. The zero-order valence-electron chi connectivity index (χ0n) is 16.7. The third kappa shape index (κ3) is 5.22. The first kappa shape index (κ1) is 19.7. The smallest absolute Gasteiger partial charge is 0.243 e. The van der Waals surface area contributed by atoms with Gasteiger partial charge in [-0.15, -0.1) is 0 Å². The topological polar surface area (TPSA) is 74.1 Å². The van der Waals surface area contributed by atoms with Crippen molar-refractivity contribution in [2.45, 2.75) is 46.4 Å². The molecule has 0 aliphatic heterocycles. The predicted octanol–water partition coefficient (Wildman–Crippen LogP) is 3.98. The van der Waals surface area contributed by atoms with E-state index < -0.39 is 0 Å². The van der Waals surface area contributed by atoms with E-state index in [9.17, 15) is 0 Å². The van der Waals surface area contributed by atoms with Crippen LogP contribution in [-0.2, 0) is 19.7 Å². The number of aryl methyl sites for hydroxylation is 2. The van der Waals surface area contributed by atoms with Gasteiger partial charge in [-0.05, 0) is 47.0 Å². The van der Waals surface area contributed by atoms with Crippen LogP contribution >= 0.6 is 0 Å². The van der Waals surface area contributed by atoms with Crippen molar-refractivity contribution in [2.75, 3.05) is 12.4 Å². The van der Waals surface area contributed by atoms with Crippen LogP contribution in [0.3, 0.4) is 0 Å². The highest BCUT2D eigenvalue weighted by Gasteiger charge is 2.09. The van der Waals surface area contributed by atoms with Crippen LogP contribution in [0.15, 0.2) is 42.5 Å². The Kier molecular flexibility index (Phi) is 6.84. The summed E-state index contributed by atoms with van der Waals surface area (Å²) in [5.41, 5.74) is 3.41. The Bertz CT molecular complexity index is 894. The Morgan fingerprint density at radius 2 is 1.96 bits per heavy atom. The summed E-state index contributed by atoms with van der Waals surface area (Å²) in [5.74, 6) is 2.10. The summed E-state index contributed by atoms with van der Waals surface area (Å²) in [6.45, 7) is 6.13. The van der Waals surface area contributed by atoms with E-state index in [4.69, 9.17) is 9.47 Å². The van der Waals surface area contributed by atoms with E-state index in [1.165, 1.54) is 5.56 Å². The summed E-state index contributed by atoms with van der Waals surface area (Å²) in [7, 11) is 1.65. The van der Waals surface area contributed by atoms with Crippen molar-refractivity contribution in [3.05, 3.63) is 59.2 Å². The SMILES string of the molecule is CCCCn1nnnc1NCc1ccc(OCc2cccc(C)c2)c(OC)c1. The molecule has 0 radical (unpaired) electrons. The Labute approximate surface area is 165 Å². The van der Waals surface area contributed by atoms with Gasteiger partial charge in [0.2, 0.25) is 5.95 Å². The first-order chi connectivity index (χ1) is 13.7. The molecule has 0 amide bonds. The fourth-order valence-electron chi connectivity index (χ4n) is 2.88. The molecule has 0 unspecified atom stereocenters.